The van der Waals surface area contributed by atoms with Crippen LogP contribution < -0.4 is 0 Å². The lowest BCUT2D eigenvalue weighted by Crippen LogP contribution is -1.90. The third kappa shape index (κ3) is 3.72. The second-order valence-corrected chi connectivity index (χ2v) is 7.06. The molecule has 0 bridgehead atoms. The molecule has 0 amide bonds. The molecule has 0 radical (unpaired) electrons. The van der Waals surface area contributed by atoms with Crippen LogP contribution in [0.5, 0.6) is 0 Å². The van der Waals surface area contributed by atoms with Gasteiger partial charge in [-0.05, 0) is 61.7 Å². The van der Waals surface area contributed by atoms with E-state index in [2.05, 4.69) is 0 Å². The van der Waals surface area contributed by atoms with Gasteiger partial charge in [0.1, 0.15) is 23.3 Å². The minimum Gasteiger partial charge on any atom is -0.207 e. The molecule has 4 aromatic rings. The topological polar surface area (TPSA) is 0 Å². The Kier molecular flexibility index (Phi) is 5.41. The Bertz CT molecular complexity index is 1190. The van der Waals surface area contributed by atoms with Crippen molar-refractivity contribution in [2.45, 2.75) is 27.7 Å². The SMILES string of the molecule is Cc1cc(F)c2c(F)c(C)ccc2c1.Cc1ccc2c(F)c(C)c(F)cc2c1. The zero-order chi connectivity index (χ0) is 20.6. The van der Waals surface area contributed by atoms with E-state index in [1.165, 1.54) is 19.1 Å². The van der Waals surface area contributed by atoms with Crippen LogP contribution in [-0.4, -0.2) is 0 Å². The van der Waals surface area contributed by atoms with Crippen LogP contribution in [0.3, 0.4) is 0 Å². The quantitative estimate of drug-likeness (QED) is 0.276. The minimum atomic E-state index is -0.486. The summed E-state index contributed by atoms with van der Waals surface area (Å²) in [5, 5.41) is 1.81. The van der Waals surface area contributed by atoms with E-state index in [9.17, 15) is 17.6 Å². The summed E-state index contributed by atoms with van der Waals surface area (Å²) < 4.78 is 53.8. The molecular weight excluding hydrogens is 364 g/mol. The summed E-state index contributed by atoms with van der Waals surface area (Å²) >= 11 is 0. The fraction of sp³-hybridized carbons (Fsp3) is 0.167. The first-order valence-electron chi connectivity index (χ1n) is 8.89. The summed E-state index contributed by atoms with van der Waals surface area (Å²) in [5.74, 6) is -1.89. The Hall–Kier alpha value is -2.88. The third-order valence-electron chi connectivity index (χ3n) is 4.76. The molecular formula is C24H20F4. The van der Waals surface area contributed by atoms with E-state index >= 15 is 0 Å². The van der Waals surface area contributed by atoms with Gasteiger partial charge in [0.25, 0.3) is 0 Å². The fourth-order valence-electron chi connectivity index (χ4n) is 3.17. The van der Waals surface area contributed by atoms with Crippen LogP contribution in [0.25, 0.3) is 21.5 Å². The number of rotatable bonds is 0. The highest BCUT2D eigenvalue weighted by atomic mass is 19.1. The minimum absolute atomic E-state index is 0.0846. The summed E-state index contributed by atoms with van der Waals surface area (Å²) in [6.07, 6.45) is 0. The summed E-state index contributed by atoms with van der Waals surface area (Å²) in [4.78, 5) is 0. The van der Waals surface area contributed by atoms with Crippen LogP contribution in [-0.2, 0) is 0 Å². The lowest BCUT2D eigenvalue weighted by atomic mass is 10.0. The summed E-state index contributed by atoms with van der Waals surface area (Å²) in [7, 11) is 0. The Morgan fingerprint density at radius 2 is 1.25 bits per heavy atom. The molecule has 0 atom stereocenters. The molecule has 0 nitrogen and oxygen atoms in total. The highest BCUT2D eigenvalue weighted by Crippen LogP contribution is 2.25. The van der Waals surface area contributed by atoms with Crippen LogP contribution in [0.1, 0.15) is 22.3 Å². The molecule has 0 saturated heterocycles. The summed E-state index contributed by atoms with van der Waals surface area (Å²) in [6, 6.07) is 13.2. The average molecular weight is 384 g/mol. The van der Waals surface area contributed by atoms with Gasteiger partial charge in [-0.25, -0.2) is 17.6 Å². The molecule has 144 valence electrons. The zero-order valence-electron chi connectivity index (χ0n) is 16.1. The highest BCUT2D eigenvalue weighted by Gasteiger charge is 2.10. The predicted octanol–water partition coefficient (Wildman–Crippen LogP) is 7.47. The van der Waals surface area contributed by atoms with Gasteiger partial charge >= 0.3 is 0 Å². The average Bonchev–Trinajstić information content (AvgIpc) is 2.63. The van der Waals surface area contributed by atoms with E-state index in [1.54, 1.807) is 44.2 Å². The van der Waals surface area contributed by atoms with E-state index in [0.29, 0.717) is 21.7 Å². The number of fused-ring (bicyclic) bond motifs is 2. The third-order valence-corrected chi connectivity index (χ3v) is 4.76. The van der Waals surface area contributed by atoms with Gasteiger partial charge in [0, 0.05) is 10.9 Å². The maximum atomic E-state index is 13.6. The molecule has 0 aliphatic heterocycles. The number of hydrogen-bond donors (Lipinski definition) is 0. The molecule has 4 rings (SSSR count). The number of aryl methyl sites for hydroxylation is 3. The van der Waals surface area contributed by atoms with Gasteiger partial charge < -0.3 is 0 Å². The Labute approximate surface area is 161 Å². The van der Waals surface area contributed by atoms with E-state index in [0.717, 1.165) is 11.1 Å². The Morgan fingerprint density at radius 1 is 0.571 bits per heavy atom. The van der Waals surface area contributed by atoms with Gasteiger partial charge in [0.05, 0.1) is 5.39 Å². The fourth-order valence-corrected chi connectivity index (χ4v) is 3.17. The van der Waals surface area contributed by atoms with Gasteiger partial charge in [-0.2, -0.15) is 0 Å². The van der Waals surface area contributed by atoms with Gasteiger partial charge in [-0.15, -0.1) is 0 Å². The van der Waals surface area contributed by atoms with Crippen molar-refractivity contribution in [3.8, 4) is 0 Å². The normalized spacial score (nSPS) is 10.9. The van der Waals surface area contributed by atoms with Crippen molar-refractivity contribution < 1.29 is 17.6 Å². The summed E-state index contributed by atoms with van der Waals surface area (Å²) in [6.45, 7) is 6.77. The zero-order valence-corrected chi connectivity index (χ0v) is 16.1. The first-order valence-corrected chi connectivity index (χ1v) is 8.89. The molecule has 0 unspecified atom stereocenters. The molecule has 0 fully saturated rings. The maximum absolute atomic E-state index is 13.6. The van der Waals surface area contributed by atoms with Crippen molar-refractivity contribution in [3.63, 3.8) is 0 Å². The predicted molar refractivity (Wildman–Crippen MR) is 107 cm³/mol. The Balaban J connectivity index is 0.000000161. The molecule has 0 heterocycles. The largest absolute Gasteiger partial charge is 0.207 e. The Morgan fingerprint density at radius 3 is 1.96 bits per heavy atom. The van der Waals surface area contributed by atoms with E-state index in [1.807, 2.05) is 13.0 Å². The molecule has 0 saturated carbocycles. The van der Waals surface area contributed by atoms with Gasteiger partial charge in [-0.1, -0.05) is 42.0 Å². The molecule has 0 aliphatic carbocycles. The van der Waals surface area contributed by atoms with Gasteiger partial charge in [0.2, 0.25) is 0 Å². The first-order chi connectivity index (χ1) is 13.2. The second kappa shape index (κ2) is 7.63. The number of hydrogen-bond acceptors (Lipinski definition) is 0. The number of halogens is 4. The lowest BCUT2D eigenvalue weighted by Gasteiger charge is -2.04. The standard InChI is InChI=1S/2C12H10F2/c1-7-5-9-4-3-8(2)12(14)11(9)10(13)6-7;1-7-3-4-10-9(5-7)6-11(13)8(2)12(10)14/h2*3-6H,1-2H3. The van der Waals surface area contributed by atoms with Crippen molar-refractivity contribution in [2.24, 2.45) is 0 Å². The van der Waals surface area contributed by atoms with Crippen LogP contribution >= 0.6 is 0 Å². The van der Waals surface area contributed by atoms with E-state index < -0.39 is 23.3 Å². The van der Waals surface area contributed by atoms with Crippen LogP contribution in [0.4, 0.5) is 17.6 Å². The summed E-state index contributed by atoms with van der Waals surface area (Å²) in [5.41, 5.74) is 2.36. The molecule has 0 aromatic heterocycles. The smallest absolute Gasteiger partial charge is 0.136 e. The molecule has 0 N–H and O–H groups in total. The highest BCUT2D eigenvalue weighted by molar-refractivity contribution is 5.85. The van der Waals surface area contributed by atoms with E-state index in [-0.39, 0.29) is 10.9 Å². The van der Waals surface area contributed by atoms with Crippen molar-refractivity contribution in [2.75, 3.05) is 0 Å². The molecule has 0 spiro atoms. The molecule has 4 heteroatoms. The number of benzene rings is 4. The first kappa shape index (κ1) is 19.9. The molecule has 28 heavy (non-hydrogen) atoms. The van der Waals surface area contributed by atoms with E-state index in [4.69, 9.17) is 0 Å². The van der Waals surface area contributed by atoms with Crippen LogP contribution in [0, 0.1) is 51.0 Å². The lowest BCUT2D eigenvalue weighted by molar-refractivity contribution is 0.577. The van der Waals surface area contributed by atoms with Crippen molar-refractivity contribution in [1.29, 1.82) is 0 Å². The van der Waals surface area contributed by atoms with Crippen molar-refractivity contribution in [3.05, 3.63) is 94.1 Å². The monoisotopic (exact) mass is 384 g/mol. The second-order valence-electron chi connectivity index (χ2n) is 7.06. The van der Waals surface area contributed by atoms with Gasteiger partial charge in [0.15, 0.2) is 0 Å². The van der Waals surface area contributed by atoms with Crippen LogP contribution in [0.2, 0.25) is 0 Å². The van der Waals surface area contributed by atoms with Crippen molar-refractivity contribution in [1.82, 2.24) is 0 Å². The molecule has 0 aliphatic rings. The maximum Gasteiger partial charge on any atom is 0.136 e. The van der Waals surface area contributed by atoms with Gasteiger partial charge in [-0.3, -0.25) is 0 Å². The van der Waals surface area contributed by atoms with Crippen molar-refractivity contribution >= 4 is 21.5 Å². The molecule has 4 aromatic carbocycles. The van der Waals surface area contributed by atoms with Crippen LogP contribution in [0.15, 0.2) is 48.5 Å².